The SMILES string of the molecule is C=Cc1c(C)c2[nH]c1=CC1=NC(=Cc3[nH]c(c(C)c3CCC(=O)NCCCC)CC3=NC(C=C3C)C=2)C(C=C)(CCC(=O)NCCCC)C1C. The van der Waals surface area contributed by atoms with E-state index in [-0.39, 0.29) is 23.8 Å². The Kier molecular flexibility index (Phi) is 11.8. The van der Waals surface area contributed by atoms with Crippen LogP contribution < -0.4 is 21.3 Å². The Morgan fingerprint density at radius 2 is 1.66 bits per heavy atom. The summed E-state index contributed by atoms with van der Waals surface area (Å²) in [5, 5.41) is 8.15. The molecule has 0 aliphatic carbocycles. The predicted molar refractivity (Wildman–Crippen MR) is 209 cm³/mol. The van der Waals surface area contributed by atoms with E-state index >= 15 is 0 Å². The van der Waals surface area contributed by atoms with Crippen LogP contribution in [0.4, 0.5) is 0 Å². The highest BCUT2D eigenvalue weighted by Crippen LogP contribution is 2.49. The van der Waals surface area contributed by atoms with E-state index in [0.29, 0.717) is 45.2 Å². The Labute approximate surface area is 297 Å². The number of rotatable bonds is 14. The van der Waals surface area contributed by atoms with E-state index in [4.69, 9.17) is 9.98 Å². The van der Waals surface area contributed by atoms with Crippen molar-refractivity contribution in [1.82, 2.24) is 20.6 Å². The largest absolute Gasteiger partial charge is 0.358 e. The van der Waals surface area contributed by atoms with Crippen molar-refractivity contribution in [3.8, 4) is 0 Å². The molecule has 8 bridgehead atoms. The zero-order valence-corrected chi connectivity index (χ0v) is 31.0. The molecule has 4 N–H and O–H groups in total. The highest BCUT2D eigenvalue weighted by Gasteiger charge is 2.44. The van der Waals surface area contributed by atoms with Gasteiger partial charge in [-0.05, 0) is 86.9 Å². The van der Waals surface area contributed by atoms with Crippen LogP contribution in [0, 0.1) is 25.2 Å². The van der Waals surface area contributed by atoms with Gasteiger partial charge in [-0.2, -0.15) is 0 Å². The zero-order chi connectivity index (χ0) is 36.0. The minimum atomic E-state index is -0.580. The molecule has 5 heterocycles. The number of nitrogens with one attached hydrogen (secondary N) is 4. The lowest BCUT2D eigenvalue weighted by Gasteiger charge is -2.31. The fraction of sp³-hybridized carbons (Fsp3) is 0.476. The van der Waals surface area contributed by atoms with Crippen LogP contribution in [0.1, 0.15) is 106 Å². The maximum atomic E-state index is 13.1. The van der Waals surface area contributed by atoms with Crippen molar-refractivity contribution in [1.29, 1.82) is 0 Å². The molecule has 8 nitrogen and oxygen atoms in total. The molecular weight excluding hydrogens is 621 g/mol. The summed E-state index contributed by atoms with van der Waals surface area (Å²) in [5.74, 6) is 0.0602. The molecule has 0 saturated heterocycles. The number of carbonyl (C=O) groups excluding carboxylic acids is 2. The minimum absolute atomic E-state index is 0.0446. The minimum Gasteiger partial charge on any atom is -0.358 e. The van der Waals surface area contributed by atoms with Crippen molar-refractivity contribution in [3.05, 3.63) is 80.9 Å². The van der Waals surface area contributed by atoms with Gasteiger partial charge in [0.25, 0.3) is 0 Å². The van der Waals surface area contributed by atoms with Gasteiger partial charge in [0.05, 0.1) is 11.7 Å². The molecule has 0 fully saturated rings. The maximum Gasteiger partial charge on any atom is 0.220 e. The Morgan fingerprint density at radius 1 is 0.960 bits per heavy atom. The summed E-state index contributed by atoms with van der Waals surface area (Å²) in [6, 6.07) is -0.0760. The molecule has 2 aromatic heterocycles. The van der Waals surface area contributed by atoms with Crippen LogP contribution in [0.3, 0.4) is 0 Å². The van der Waals surface area contributed by atoms with Crippen LogP contribution in [0.15, 0.2) is 46.6 Å². The van der Waals surface area contributed by atoms with Gasteiger partial charge in [0, 0.05) is 82.8 Å². The molecule has 3 aliphatic heterocycles. The lowest BCUT2D eigenvalue weighted by atomic mass is 9.70. The van der Waals surface area contributed by atoms with Gasteiger partial charge in [0.15, 0.2) is 0 Å². The van der Waals surface area contributed by atoms with Gasteiger partial charge < -0.3 is 20.6 Å². The molecule has 50 heavy (non-hydrogen) atoms. The van der Waals surface area contributed by atoms with Gasteiger partial charge >= 0.3 is 0 Å². The normalized spacial score (nSPS) is 20.9. The van der Waals surface area contributed by atoms with Crippen LogP contribution in [0.2, 0.25) is 0 Å². The molecule has 0 radical (unpaired) electrons. The number of hydrogen-bond donors (Lipinski definition) is 4. The van der Waals surface area contributed by atoms with Crippen molar-refractivity contribution in [2.75, 3.05) is 13.1 Å². The quantitative estimate of drug-likeness (QED) is 0.138. The predicted octanol–water partition coefficient (Wildman–Crippen LogP) is 6.34. The number of unbranched alkanes of at least 4 members (excludes halogenated alkanes) is 2. The zero-order valence-electron chi connectivity index (χ0n) is 31.0. The van der Waals surface area contributed by atoms with E-state index in [2.05, 4.69) is 99.6 Å². The highest BCUT2D eigenvalue weighted by molar-refractivity contribution is 6.14. The monoisotopic (exact) mass is 676 g/mol. The topological polar surface area (TPSA) is 114 Å². The molecule has 3 atom stereocenters. The average Bonchev–Trinajstić information content (AvgIpc) is 3.76. The molecule has 5 rings (SSSR count). The van der Waals surface area contributed by atoms with Gasteiger partial charge in [-0.3, -0.25) is 19.6 Å². The average molecular weight is 677 g/mol. The van der Waals surface area contributed by atoms with Crippen LogP contribution in [0.25, 0.3) is 24.3 Å². The number of H-pyrrole nitrogens is 2. The van der Waals surface area contributed by atoms with Gasteiger partial charge in [-0.15, -0.1) is 6.58 Å². The van der Waals surface area contributed by atoms with Crippen molar-refractivity contribution in [2.24, 2.45) is 21.3 Å². The lowest BCUT2D eigenvalue weighted by molar-refractivity contribution is -0.122. The van der Waals surface area contributed by atoms with E-state index in [1.165, 1.54) is 5.57 Å². The van der Waals surface area contributed by atoms with Crippen LogP contribution in [-0.2, 0) is 22.4 Å². The molecule has 0 aromatic carbocycles. The fourth-order valence-corrected chi connectivity index (χ4v) is 7.52. The first-order valence-corrected chi connectivity index (χ1v) is 18.5. The molecule has 0 saturated carbocycles. The standard InChI is InChI=1S/C42H56N6O2/c1-9-13-19-43-40(49)16-15-32-28(7)35-23-33-26(5)21-30(45-33)22-34-27(6)31(11-3)37(46-34)24-36-29(8)42(12-4,39(48-36)25-38(32)47-35)18-17-41(50)44-20-14-10-2/h11-12,21-22,24-25,29-30,46-47H,3-4,9-10,13-20,23H2,1-2,5-8H3,(H,43,49)(H,44,50). The number of aromatic amines is 2. The van der Waals surface area contributed by atoms with Gasteiger partial charge in [-0.25, -0.2) is 0 Å². The summed E-state index contributed by atoms with van der Waals surface area (Å²) < 4.78 is 0. The number of aliphatic imine (C=N–C) groups is 2. The molecule has 266 valence electrons. The lowest BCUT2D eigenvalue weighted by Crippen LogP contribution is -2.31. The van der Waals surface area contributed by atoms with E-state index in [1.54, 1.807) is 0 Å². The third-order valence-corrected chi connectivity index (χ3v) is 10.9. The van der Waals surface area contributed by atoms with Crippen LogP contribution in [0.5, 0.6) is 0 Å². The number of aromatic nitrogens is 2. The third kappa shape index (κ3) is 7.64. The Morgan fingerprint density at radius 3 is 2.32 bits per heavy atom. The number of hydrogen-bond acceptors (Lipinski definition) is 4. The van der Waals surface area contributed by atoms with Gasteiger partial charge in [0.2, 0.25) is 11.8 Å². The van der Waals surface area contributed by atoms with E-state index < -0.39 is 5.41 Å². The first-order chi connectivity index (χ1) is 24.0. The number of nitrogens with zero attached hydrogens (tertiary/aromatic N) is 2. The summed E-state index contributed by atoms with van der Waals surface area (Å²) >= 11 is 0. The number of fused-ring (bicyclic) bond motifs is 6. The first kappa shape index (κ1) is 36.8. The number of carbonyl (C=O) groups is 2. The summed E-state index contributed by atoms with van der Waals surface area (Å²) in [7, 11) is 0. The number of amides is 2. The second-order valence-corrected chi connectivity index (χ2v) is 14.2. The van der Waals surface area contributed by atoms with Gasteiger partial charge in [-0.1, -0.05) is 58.4 Å². The van der Waals surface area contributed by atoms with Crippen molar-refractivity contribution >= 4 is 47.5 Å². The summed E-state index contributed by atoms with van der Waals surface area (Å²) in [6.45, 7) is 22.7. The number of allylic oxidation sites excluding steroid dienone is 2. The molecular formula is C42H56N6O2. The van der Waals surface area contributed by atoms with Crippen molar-refractivity contribution < 1.29 is 9.59 Å². The van der Waals surface area contributed by atoms with Crippen LogP contribution in [-0.4, -0.2) is 52.3 Å². The molecule has 8 heteroatoms. The molecule has 3 aliphatic rings. The van der Waals surface area contributed by atoms with E-state index in [9.17, 15) is 9.59 Å². The summed E-state index contributed by atoms with van der Waals surface area (Å²) in [5.41, 5.74) is 9.88. The summed E-state index contributed by atoms with van der Waals surface area (Å²) in [4.78, 5) is 43.8. The molecule has 2 aromatic rings. The Balaban J connectivity index is 1.67. The Hall–Kier alpha value is -4.46. The molecule has 0 spiro atoms. The van der Waals surface area contributed by atoms with Crippen LogP contribution >= 0.6 is 0 Å². The fourth-order valence-electron chi connectivity index (χ4n) is 7.52. The van der Waals surface area contributed by atoms with Gasteiger partial charge in [0.1, 0.15) is 0 Å². The van der Waals surface area contributed by atoms with Crippen molar-refractivity contribution in [3.63, 3.8) is 0 Å². The maximum absolute atomic E-state index is 13.1. The van der Waals surface area contributed by atoms with E-state index in [0.717, 1.165) is 87.1 Å². The van der Waals surface area contributed by atoms with Crippen molar-refractivity contribution in [2.45, 2.75) is 105 Å². The Bertz CT molecular complexity index is 1900. The third-order valence-electron chi connectivity index (χ3n) is 10.9. The first-order valence-electron chi connectivity index (χ1n) is 18.5. The summed E-state index contributed by atoms with van der Waals surface area (Å²) in [6.07, 6.45) is 19.2. The smallest absolute Gasteiger partial charge is 0.220 e. The molecule has 2 amide bonds. The molecule has 3 unspecified atom stereocenters. The van der Waals surface area contributed by atoms with E-state index in [1.807, 2.05) is 12.2 Å². The second-order valence-electron chi connectivity index (χ2n) is 14.2. The highest BCUT2D eigenvalue weighted by atomic mass is 16.2. The second kappa shape index (κ2) is 16.0.